The molecule has 2 rings (SSSR count). The van der Waals surface area contributed by atoms with Gasteiger partial charge in [0, 0.05) is 12.6 Å². The van der Waals surface area contributed by atoms with Crippen LogP contribution >= 0.6 is 0 Å². The Morgan fingerprint density at radius 3 is 2.74 bits per heavy atom. The number of hydrogen-bond donors (Lipinski definition) is 0. The summed E-state index contributed by atoms with van der Waals surface area (Å²) >= 11 is 0. The molecule has 0 amide bonds. The molecule has 5 nitrogen and oxygen atoms in total. The zero-order valence-electron chi connectivity index (χ0n) is 10.4. The van der Waals surface area contributed by atoms with Crippen molar-refractivity contribution in [2.45, 2.75) is 13.1 Å². The molecule has 100 valence electrons. The number of furan rings is 1. The summed E-state index contributed by atoms with van der Waals surface area (Å²) in [6.45, 7) is 1.07. The third-order valence-corrected chi connectivity index (χ3v) is 2.67. The van der Waals surface area contributed by atoms with Gasteiger partial charge in [-0.3, -0.25) is 15.0 Å². The molecule has 1 aromatic heterocycles. The number of benzene rings is 1. The summed E-state index contributed by atoms with van der Waals surface area (Å²) in [5.41, 5.74) is 0.176. The lowest BCUT2D eigenvalue weighted by atomic mass is 10.2. The molecular weight excluding hydrogens is 251 g/mol. The molecule has 6 heteroatoms. The van der Waals surface area contributed by atoms with Crippen molar-refractivity contribution in [3.63, 3.8) is 0 Å². The first-order chi connectivity index (χ1) is 9.06. The lowest BCUT2D eigenvalue weighted by Crippen LogP contribution is -2.17. The van der Waals surface area contributed by atoms with E-state index >= 15 is 0 Å². The van der Waals surface area contributed by atoms with Crippen molar-refractivity contribution < 1.29 is 13.7 Å². The second kappa shape index (κ2) is 5.62. The molecule has 1 heterocycles. The van der Waals surface area contributed by atoms with E-state index in [1.165, 1.54) is 12.1 Å². The van der Waals surface area contributed by atoms with Gasteiger partial charge in [-0.15, -0.1) is 0 Å². The van der Waals surface area contributed by atoms with E-state index in [1.54, 1.807) is 18.4 Å². The highest BCUT2D eigenvalue weighted by Crippen LogP contribution is 2.19. The molecular formula is C13H13FN2O3. The van der Waals surface area contributed by atoms with Crippen LogP contribution in [0.15, 0.2) is 41.0 Å². The van der Waals surface area contributed by atoms with E-state index in [1.807, 2.05) is 18.0 Å². The largest absolute Gasteiger partial charge is 0.468 e. The Balaban J connectivity index is 2.03. The van der Waals surface area contributed by atoms with Gasteiger partial charge in [-0.05, 0) is 30.8 Å². The minimum atomic E-state index is -0.811. The third kappa shape index (κ3) is 3.38. The van der Waals surface area contributed by atoms with Gasteiger partial charge >= 0.3 is 5.69 Å². The Hall–Kier alpha value is -2.21. The number of nitrogens with zero attached hydrogens (tertiary/aromatic N) is 2. The molecule has 0 aliphatic heterocycles. The molecule has 0 saturated heterocycles. The summed E-state index contributed by atoms with van der Waals surface area (Å²) in [6, 6.07) is 7.59. The normalized spacial score (nSPS) is 10.9. The van der Waals surface area contributed by atoms with Crippen molar-refractivity contribution in [3.05, 3.63) is 63.9 Å². The van der Waals surface area contributed by atoms with Crippen LogP contribution in [0.5, 0.6) is 0 Å². The number of nitro groups is 1. The van der Waals surface area contributed by atoms with E-state index < -0.39 is 16.4 Å². The van der Waals surface area contributed by atoms with Gasteiger partial charge in [0.1, 0.15) is 5.76 Å². The van der Waals surface area contributed by atoms with Gasteiger partial charge in [0.25, 0.3) is 0 Å². The van der Waals surface area contributed by atoms with Crippen LogP contribution in [-0.2, 0) is 13.1 Å². The topological polar surface area (TPSA) is 59.5 Å². The fraction of sp³-hybridized carbons (Fsp3) is 0.231. The number of halogens is 1. The van der Waals surface area contributed by atoms with Gasteiger partial charge in [-0.25, -0.2) is 0 Å². The lowest BCUT2D eigenvalue weighted by molar-refractivity contribution is -0.387. The van der Waals surface area contributed by atoms with E-state index in [0.717, 1.165) is 5.76 Å². The van der Waals surface area contributed by atoms with Crippen LogP contribution in [0, 0.1) is 15.9 Å². The monoisotopic (exact) mass is 264 g/mol. The second-order valence-electron chi connectivity index (χ2n) is 4.29. The maximum absolute atomic E-state index is 13.4. The standard InChI is InChI=1S/C13H13FN2O3/c1-15(9-11-3-2-6-19-11)8-10-4-5-13(16(17)18)12(14)7-10/h2-7H,8-9H2,1H3. The smallest absolute Gasteiger partial charge is 0.304 e. The molecule has 0 atom stereocenters. The zero-order chi connectivity index (χ0) is 13.8. The molecule has 0 unspecified atom stereocenters. The van der Waals surface area contributed by atoms with Gasteiger partial charge in [0.05, 0.1) is 17.7 Å². The van der Waals surface area contributed by atoms with Crippen molar-refractivity contribution in [3.8, 4) is 0 Å². The number of hydrogen-bond acceptors (Lipinski definition) is 4. The summed E-state index contributed by atoms with van der Waals surface area (Å²) in [5, 5.41) is 10.5. The van der Waals surface area contributed by atoms with Crippen molar-refractivity contribution in [2.24, 2.45) is 0 Å². The van der Waals surface area contributed by atoms with E-state index in [2.05, 4.69) is 0 Å². The molecule has 0 fully saturated rings. The van der Waals surface area contributed by atoms with E-state index in [-0.39, 0.29) is 0 Å². The Kier molecular flexibility index (Phi) is 3.91. The third-order valence-electron chi connectivity index (χ3n) is 2.67. The molecule has 0 radical (unpaired) electrons. The molecule has 0 aliphatic rings. The van der Waals surface area contributed by atoms with Crippen LogP contribution in [-0.4, -0.2) is 16.9 Å². The second-order valence-corrected chi connectivity index (χ2v) is 4.29. The molecule has 19 heavy (non-hydrogen) atoms. The fourth-order valence-electron chi connectivity index (χ4n) is 1.83. The Bertz CT molecular complexity index is 569. The highest BCUT2D eigenvalue weighted by Gasteiger charge is 2.14. The first-order valence-corrected chi connectivity index (χ1v) is 5.70. The van der Waals surface area contributed by atoms with E-state index in [9.17, 15) is 14.5 Å². The van der Waals surface area contributed by atoms with Crippen LogP contribution in [0.25, 0.3) is 0 Å². The fourth-order valence-corrected chi connectivity index (χ4v) is 1.83. The molecule has 2 aromatic rings. The Morgan fingerprint density at radius 1 is 1.37 bits per heavy atom. The Morgan fingerprint density at radius 2 is 2.16 bits per heavy atom. The molecule has 0 bridgehead atoms. The van der Waals surface area contributed by atoms with Gasteiger partial charge in [0.15, 0.2) is 0 Å². The predicted octanol–water partition coefficient (Wildman–Crippen LogP) is 2.96. The molecule has 0 aliphatic carbocycles. The Labute approximate surface area is 109 Å². The van der Waals surface area contributed by atoms with Crippen LogP contribution in [0.2, 0.25) is 0 Å². The van der Waals surface area contributed by atoms with Crippen molar-refractivity contribution in [1.82, 2.24) is 4.90 Å². The summed E-state index contributed by atoms with van der Waals surface area (Å²) in [5.74, 6) is -0.00113. The lowest BCUT2D eigenvalue weighted by Gasteiger charge is -2.15. The van der Waals surface area contributed by atoms with E-state index in [4.69, 9.17) is 4.42 Å². The molecule has 0 spiro atoms. The maximum Gasteiger partial charge on any atom is 0.304 e. The highest BCUT2D eigenvalue weighted by molar-refractivity contribution is 5.34. The van der Waals surface area contributed by atoms with E-state index in [0.29, 0.717) is 18.7 Å². The van der Waals surface area contributed by atoms with Gasteiger partial charge in [-0.1, -0.05) is 6.07 Å². The zero-order valence-corrected chi connectivity index (χ0v) is 10.4. The van der Waals surface area contributed by atoms with Crippen LogP contribution < -0.4 is 0 Å². The van der Waals surface area contributed by atoms with Crippen LogP contribution in [0.4, 0.5) is 10.1 Å². The summed E-state index contributed by atoms with van der Waals surface area (Å²) in [7, 11) is 1.86. The van der Waals surface area contributed by atoms with Gasteiger partial charge < -0.3 is 4.42 Å². The van der Waals surface area contributed by atoms with Crippen LogP contribution in [0.1, 0.15) is 11.3 Å². The maximum atomic E-state index is 13.4. The molecule has 0 N–H and O–H groups in total. The van der Waals surface area contributed by atoms with Crippen molar-refractivity contribution in [1.29, 1.82) is 0 Å². The first-order valence-electron chi connectivity index (χ1n) is 5.70. The first kappa shape index (κ1) is 13.2. The summed E-state index contributed by atoms with van der Waals surface area (Å²) < 4.78 is 18.7. The SMILES string of the molecule is CN(Cc1ccc([N+](=O)[O-])c(F)c1)Cc1ccco1. The van der Waals surface area contributed by atoms with Crippen molar-refractivity contribution >= 4 is 5.69 Å². The average molecular weight is 264 g/mol. The van der Waals surface area contributed by atoms with Gasteiger partial charge in [-0.2, -0.15) is 4.39 Å². The van der Waals surface area contributed by atoms with Crippen molar-refractivity contribution in [2.75, 3.05) is 7.05 Å². The van der Waals surface area contributed by atoms with Crippen LogP contribution in [0.3, 0.4) is 0 Å². The quantitative estimate of drug-likeness (QED) is 0.615. The summed E-state index contributed by atoms with van der Waals surface area (Å²) in [6.07, 6.45) is 1.59. The number of nitro benzene ring substituents is 1. The predicted molar refractivity (Wildman–Crippen MR) is 66.9 cm³/mol. The average Bonchev–Trinajstić information content (AvgIpc) is 2.81. The highest BCUT2D eigenvalue weighted by atomic mass is 19.1. The summed E-state index contributed by atoms with van der Waals surface area (Å²) in [4.78, 5) is 11.7. The molecule has 1 aromatic carbocycles. The molecule has 0 saturated carbocycles. The number of rotatable bonds is 5. The van der Waals surface area contributed by atoms with Gasteiger partial charge in [0.2, 0.25) is 5.82 Å². The minimum Gasteiger partial charge on any atom is -0.468 e. The minimum absolute atomic E-state index is 0.482.